The quantitative estimate of drug-likeness (QED) is 0.0223. The van der Waals surface area contributed by atoms with Gasteiger partial charge < -0.3 is 71.4 Å². The summed E-state index contributed by atoms with van der Waals surface area (Å²) in [6.45, 7) is 6.84. The summed E-state index contributed by atoms with van der Waals surface area (Å²) in [6, 6.07) is -1.07. The largest absolute Gasteiger partial charge is 0.508 e. The van der Waals surface area contributed by atoms with E-state index in [0.29, 0.717) is 37.8 Å². The summed E-state index contributed by atoms with van der Waals surface area (Å²) in [7, 11) is 0. The molecule has 0 aliphatic heterocycles. The topological polar surface area (TPSA) is 393 Å². The molecule has 0 saturated heterocycles. The molecule has 0 fully saturated rings. The van der Waals surface area contributed by atoms with E-state index >= 15 is 0 Å². The molecule has 0 heterocycles. The molecule has 0 radical (unpaired) electrons. The van der Waals surface area contributed by atoms with Crippen molar-refractivity contribution in [1.82, 2.24) is 31.9 Å². The van der Waals surface area contributed by atoms with Crippen LogP contribution in [0, 0.1) is 5.92 Å². The van der Waals surface area contributed by atoms with Crippen LogP contribution in [0.25, 0.3) is 0 Å². The Morgan fingerprint density at radius 3 is 1.60 bits per heavy atom. The first kappa shape index (κ1) is 51.8. The number of nitrogens with one attached hydrogen (secondary N) is 6. The van der Waals surface area contributed by atoms with Gasteiger partial charge in [-0.15, -0.1) is 0 Å². The molecule has 1 aromatic carbocycles. The minimum Gasteiger partial charge on any atom is -0.508 e. The fourth-order valence-electron chi connectivity index (χ4n) is 5.81. The molecule has 60 heavy (non-hydrogen) atoms. The first-order valence-corrected chi connectivity index (χ1v) is 20.0. The number of carbonyl (C=O) groups excluding carboxylic acids is 7. The third kappa shape index (κ3) is 20.5. The van der Waals surface area contributed by atoms with Crippen molar-refractivity contribution in [2.24, 2.45) is 50.3 Å². The number of phenolic OH excluding ortho intramolecular Hbond substituents is 1. The van der Waals surface area contributed by atoms with Gasteiger partial charge in [-0.1, -0.05) is 32.4 Å². The number of aliphatic imine (C=N–C) groups is 2. The van der Waals surface area contributed by atoms with Crippen LogP contribution in [0.15, 0.2) is 34.3 Å². The van der Waals surface area contributed by atoms with Crippen LogP contribution in [0.3, 0.4) is 0 Å². The van der Waals surface area contributed by atoms with Crippen molar-refractivity contribution < 1.29 is 38.7 Å². The Morgan fingerprint density at radius 2 is 1.10 bits per heavy atom. The lowest BCUT2D eigenvalue weighted by Crippen LogP contribution is -2.60. The van der Waals surface area contributed by atoms with E-state index in [2.05, 4.69) is 41.9 Å². The Hall–Kier alpha value is -6.19. The summed E-state index contributed by atoms with van der Waals surface area (Å²) in [4.78, 5) is 100. The number of rotatable bonds is 28. The maximum absolute atomic E-state index is 13.8. The van der Waals surface area contributed by atoms with Crippen LogP contribution in [0.4, 0.5) is 0 Å². The number of aromatic hydroxyl groups is 1. The van der Waals surface area contributed by atoms with E-state index in [-0.39, 0.29) is 62.9 Å². The second-order valence-corrected chi connectivity index (χ2v) is 14.5. The highest BCUT2D eigenvalue weighted by atomic mass is 16.3. The average Bonchev–Trinajstić information content (AvgIpc) is 3.18. The summed E-state index contributed by atoms with van der Waals surface area (Å²) in [5.41, 5.74) is 33.3. The van der Waals surface area contributed by atoms with Crippen molar-refractivity contribution in [3.63, 3.8) is 0 Å². The minimum absolute atomic E-state index is 0.0140. The number of guanidine groups is 2. The lowest BCUT2D eigenvalue weighted by molar-refractivity contribution is -0.135. The molecule has 0 spiro atoms. The normalized spacial score (nSPS) is 14.3. The van der Waals surface area contributed by atoms with E-state index in [0.717, 1.165) is 0 Å². The zero-order chi connectivity index (χ0) is 45.4. The van der Waals surface area contributed by atoms with Gasteiger partial charge in [-0.3, -0.25) is 43.5 Å². The molecule has 0 bridgehead atoms. The number of nitrogens with zero attached hydrogens (tertiary/aromatic N) is 2. The first-order chi connectivity index (χ1) is 28.3. The molecule has 0 aromatic heterocycles. The van der Waals surface area contributed by atoms with Crippen LogP contribution in [-0.2, 0) is 40.0 Å². The number of hydrogen-bond donors (Lipinski definition) is 13. The van der Waals surface area contributed by atoms with Gasteiger partial charge in [0.05, 0.1) is 0 Å². The number of phenols is 1. The van der Waals surface area contributed by atoms with E-state index in [4.69, 9.17) is 34.4 Å². The molecule has 336 valence electrons. The van der Waals surface area contributed by atoms with Gasteiger partial charge in [0.1, 0.15) is 42.0 Å². The summed E-state index contributed by atoms with van der Waals surface area (Å²) >= 11 is 0. The summed E-state index contributed by atoms with van der Waals surface area (Å²) in [5.74, 6) is -5.62. The van der Waals surface area contributed by atoms with Crippen LogP contribution in [0.1, 0.15) is 84.6 Å². The van der Waals surface area contributed by atoms with E-state index in [1.165, 1.54) is 26.0 Å². The molecular weight excluding hydrogens is 781 g/mol. The smallest absolute Gasteiger partial charge is 0.243 e. The van der Waals surface area contributed by atoms with E-state index in [1.54, 1.807) is 19.1 Å². The number of amides is 7. The van der Waals surface area contributed by atoms with Gasteiger partial charge in [0.15, 0.2) is 11.9 Å². The van der Waals surface area contributed by atoms with Gasteiger partial charge in [0.2, 0.25) is 41.4 Å². The molecule has 7 atom stereocenters. The Bertz CT molecular complexity index is 1630. The summed E-state index contributed by atoms with van der Waals surface area (Å²) in [5, 5.41) is 25.5. The Labute approximate surface area is 350 Å². The Balaban J connectivity index is 3.32. The number of primary amides is 1. The monoisotopic (exact) mass is 847 g/mol. The molecule has 0 unspecified atom stereocenters. The van der Waals surface area contributed by atoms with Crippen LogP contribution in [0.5, 0.6) is 5.75 Å². The van der Waals surface area contributed by atoms with Crippen molar-refractivity contribution in [3.05, 3.63) is 29.8 Å². The van der Waals surface area contributed by atoms with Gasteiger partial charge in [0.25, 0.3) is 0 Å². The van der Waals surface area contributed by atoms with Gasteiger partial charge in [0, 0.05) is 26.4 Å². The SMILES string of the molecule is CC[C@H](C)[C@H](NC(=O)[C@H](CCCN=C(N)N)NC(=O)[C@H](C)NC(=O)[C@H](Cc1ccc(O)cc1)NC(=O)[C@H](CCCN=C(N)N)NC(C)=O)C(=O)N[C@@H](CCCCN)C(N)=O. The lowest BCUT2D eigenvalue weighted by atomic mass is 9.96. The first-order valence-electron chi connectivity index (χ1n) is 20.0. The van der Waals surface area contributed by atoms with Crippen molar-refractivity contribution in [2.75, 3.05) is 19.6 Å². The molecule has 22 nitrogen and oxygen atoms in total. The van der Waals surface area contributed by atoms with E-state index in [9.17, 15) is 38.7 Å². The van der Waals surface area contributed by atoms with Crippen molar-refractivity contribution in [1.29, 1.82) is 0 Å². The maximum atomic E-state index is 13.8. The van der Waals surface area contributed by atoms with Crippen LogP contribution < -0.4 is 66.3 Å². The molecule has 0 saturated carbocycles. The average molecular weight is 847 g/mol. The predicted octanol–water partition coefficient (Wildman–Crippen LogP) is -3.35. The highest BCUT2D eigenvalue weighted by Gasteiger charge is 2.33. The standard InChI is InChI=1S/C38H66N14O8/c1-5-21(2)30(36(60)49-26(31(40)55)10-6-7-17-39)52-34(58)28(12-9-19-46-38(43)44)50-32(56)22(3)47-35(59)29(20-24-13-15-25(54)16-14-24)51-33(57)27(48-23(4)53)11-8-18-45-37(41)42/h13-16,21-22,26-30,54H,5-12,17-20,39H2,1-4H3,(H2,40,55)(H,47,59)(H,48,53)(H,49,60)(H,50,56)(H,51,57)(H,52,58)(H4,41,42,45)(H4,43,44,46)/t21-,22-,26-,27-,28-,29-,30-/m0/s1. The fourth-order valence-corrected chi connectivity index (χ4v) is 5.81. The van der Waals surface area contributed by atoms with Crippen molar-refractivity contribution in [2.45, 2.75) is 122 Å². The molecule has 1 rings (SSSR count). The minimum atomic E-state index is -1.28. The maximum Gasteiger partial charge on any atom is 0.243 e. The third-order valence-corrected chi connectivity index (χ3v) is 9.38. The second kappa shape index (κ2) is 27.5. The summed E-state index contributed by atoms with van der Waals surface area (Å²) in [6.07, 6.45) is 2.46. The predicted molar refractivity (Wildman–Crippen MR) is 226 cm³/mol. The molecular formula is C38H66N14O8. The van der Waals surface area contributed by atoms with Crippen LogP contribution >= 0.6 is 0 Å². The van der Waals surface area contributed by atoms with Crippen molar-refractivity contribution >= 4 is 53.3 Å². The Kier molecular flexibility index (Phi) is 23.7. The van der Waals surface area contributed by atoms with Gasteiger partial charge in [-0.25, -0.2) is 0 Å². The highest BCUT2D eigenvalue weighted by molar-refractivity contribution is 5.97. The number of nitrogens with two attached hydrogens (primary N) is 6. The van der Waals surface area contributed by atoms with Crippen LogP contribution in [-0.4, -0.2) is 114 Å². The number of carbonyl (C=O) groups is 7. The van der Waals surface area contributed by atoms with Gasteiger partial charge >= 0.3 is 0 Å². The van der Waals surface area contributed by atoms with E-state index < -0.39 is 83.5 Å². The zero-order valence-electron chi connectivity index (χ0n) is 35.0. The van der Waals surface area contributed by atoms with Gasteiger partial charge in [-0.05, 0) is 82.0 Å². The molecule has 22 heteroatoms. The van der Waals surface area contributed by atoms with Crippen LogP contribution in [0.2, 0.25) is 0 Å². The second-order valence-electron chi connectivity index (χ2n) is 14.5. The Morgan fingerprint density at radius 1 is 0.617 bits per heavy atom. The third-order valence-electron chi connectivity index (χ3n) is 9.38. The summed E-state index contributed by atoms with van der Waals surface area (Å²) < 4.78 is 0. The fraction of sp³-hybridized carbons (Fsp3) is 0.605. The van der Waals surface area contributed by atoms with Crippen molar-refractivity contribution in [3.8, 4) is 5.75 Å². The van der Waals surface area contributed by atoms with Gasteiger partial charge in [-0.2, -0.15) is 0 Å². The highest BCUT2D eigenvalue weighted by Crippen LogP contribution is 2.14. The molecule has 7 amide bonds. The number of benzene rings is 1. The molecule has 0 aliphatic carbocycles. The molecule has 19 N–H and O–H groups in total. The number of hydrogen-bond acceptors (Lipinski definition) is 11. The molecule has 0 aliphatic rings. The zero-order valence-corrected chi connectivity index (χ0v) is 35.0. The lowest BCUT2D eigenvalue weighted by Gasteiger charge is -2.28. The number of unbranched alkanes of at least 4 members (excludes halogenated alkanes) is 1. The van der Waals surface area contributed by atoms with E-state index in [1.807, 2.05) is 6.92 Å². The molecule has 1 aromatic rings.